The standard InChI is InChI=1S/C24H22N2O6/c1-32-21-13-12-19(26(30)31)14-18(21)15-20(24(28)29)25-23(27)22(16-8-4-2-5-9-16)17-10-6-3-7-11-17/h2-14,20,22H,15H2,1H3,(H,25,27)(H,28,29)/t20-/m1/s1. The van der Waals surface area contributed by atoms with Crippen molar-refractivity contribution in [3.8, 4) is 5.75 Å². The van der Waals surface area contributed by atoms with Crippen LogP contribution < -0.4 is 10.1 Å². The summed E-state index contributed by atoms with van der Waals surface area (Å²) in [7, 11) is 1.39. The van der Waals surface area contributed by atoms with E-state index in [0.717, 1.165) is 0 Å². The molecule has 1 amide bonds. The first-order chi connectivity index (χ1) is 15.4. The highest BCUT2D eigenvalue weighted by Gasteiger charge is 2.29. The summed E-state index contributed by atoms with van der Waals surface area (Å²) in [5.41, 5.74) is 1.55. The van der Waals surface area contributed by atoms with E-state index in [9.17, 15) is 24.8 Å². The molecule has 0 saturated heterocycles. The second kappa shape index (κ2) is 10.2. The molecule has 0 saturated carbocycles. The summed E-state index contributed by atoms with van der Waals surface area (Å²) in [6, 6.07) is 20.7. The van der Waals surface area contributed by atoms with Gasteiger partial charge in [0.15, 0.2) is 0 Å². The molecule has 0 radical (unpaired) electrons. The van der Waals surface area contributed by atoms with E-state index in [0.29, 0.717) is 22.4 Å². The average Bonchev–Trinajstić information content (AvgIpc) is 2.80. The van der Waals surface area contributed by atoms with E-state index in [-0.39, 0.29) is 12.1 Å². The van der Waals surface area contributed by atoms with Gasteiger partial charge in [-0.25, -0.2) is 4.79 Å². The molecular weight excluding hydrogens is 412 g/mol. The number of nitrogens with one attached hydrogen (secondary N) is 1. The smallest absolute Gasteiger partial charge is 0.326 e. The van der Waals surface area contributed by atoms with Crippen LogP contribution >= 0.6 is 0 Å². The van der Waals surface area contributed by atoms with Gasteiger partial charge >= 0.3 is 5.97 Å². The van der Waals surface area contributed by atoms with Crippen molar-refractivity contribution >= 4 is 17.6 Å². The lowest BCUT2D eigenvalue weighted by molar-refractivity contribution is -0.384. The van der Waals surface area contributed by atoms with Gasteiger partial charge in [0.25, 0.3) is 5.69 Å². The average molecular weight is 434 g/mol. The Kier molecular flexibility index (Phi) is 7.17. The van der Waals surface area contributed by atoms with Gasteiger partial charge in [-0.2, -0.15) is 0 Å². The van der Waals surface area contributed by atoms with Crippen molar-refractivity contribution in [1.82, 2.24) is 5.32 Å². The van der Waals surface area contributed by atoms with Gasteiger partial charge in [-0.05, 0) is 17.2 Å². The molecule has 8 nitrogen and oxygen atoms in total. The fourth-order valence-electron chi connectivity index (χ4n) is 3.50. The molecule has 0 aliphatic heterocycles. The summed E-state index contributed by atoms with van der Waals surface area (Å²) >= 11 is 0. The van der Waals surface area contributed by atoms with E-state index in [2.05, 4.69) is 5.32 Å². The number of hydrogen-bond acceptors (Lipinski definition) is 5. The molecular formula is C24H22N2O6. The number of carboxylic acid groups (broad SMARTS) is 1. The molecule has 1 atom stereocenters. The monoisotopic (exact) mass is 434 g/mol. The van der Waals surface area contributed by atoms with Crippen LogP contribution in [0.3, 0.4) is 0 Å². The third-order valence-electron chi connectivity index (χ3n) is 5.04. The molecule has 8 heteroatoms. The van der Waals surface area contributed by atoms with E-state index >= 15 is 0 Å². The van der Waals surface area contributed by atoms with Gasteiger partial charge in [0, 0.05) is 24.1 Å². The number of benzene rings is 3. The summed E-state index contributed by atoms with van der Waals surface area (Å²) in [6.07, 6.45) is -0.178. The number of nitro benzene ring substituents is 1. The molecule has 0 heterocycles. The van der Waals surface area contributed by atoms with Gasteiger partial charge in [0.05, 0.1) is 18.0 Å². The summed E-state index contributed by atoms with van der Waals surface area (Å²) in [5.74, 6) is -2.16. The van der Waals surface area contributed by atoms with Gasteiger partial charge in [0.1, 0.15) is 11.8 Å². The normalized spacial score (nSPS) is 11.6. The fraction of sp³-hybridized carbons (Fsp3) is 0.167. The van der Waals surface area contributed by atoms with Crippen molar-refractivity contribution in [2.24, 2.45) is 0 Å². The molecule has 0 bridgehead atoms. The number of carbonyl (C=O) groups is 2. The van der Waals surface area contributed by atoms with Crippen molar-refractivity contribution < 1.29 is 24.4 Å². The molecule has 32 heavy (non-hydrogen) atoms. The zero-order chi connectivity index (χ0) is 23.1. The number of rotatable bonds is 9. The number of nitro groups is 1. The molecule has 0 spiro atoms. The van der Waals surface area contributed by atoms with E-state index in [1.807, 2.05) is 12.1 Å². The highest BCUT2D eigenvalue weighted by Crippen LogP contribution is 2.27. The molecule has 3 aromatic rings. The number of ether oxygens (including phenoxy) is 1. The lowest BCUT2D eigenvalue weighted by atomic mass is 9.90. The Balaban J connectivity index is 1.91. The first kappa shape index (κ1) is 22.5. The SMILES string of the molecule is COc1ccc([N+](=O)[O-])cc1C[C@@H](NC(=O)C(c1ccccc1)c1ccccc1)C(=O)O. The number of methoxy groups -OCH3 is 1. The maximum Gasteiger partial charge on any atom is 0.326 e. The second-order valence-corrected chi connectivity index (χ2v) is 7.11. The highest BCUT2D eigenvalue weighted by molar-refractivity contribution is 5.90. The van der Waals surface area contributed by atoms with E-state index in [1.54, 1.807) is 48.5 Å². The Hall–Kier alpha value is -4.20. The summed E-state index contributed by atoms with van der Waals surface area (Å²) < 4.78 is 5.22. The number of hydrogen-bond donors (Lipinski definition) is 2. The van der Waals surface area contributed by atoms with Crippen LogP contribution in [0.4, 0.5) is 5.69 Å². The number of carbonyl (C=O) groups excluding carboxylic acids is 1. The molecule has 0 aliphatic carbocycles. The van der Waals surface area contributed by atoms with Gasteiger partial charge < -0.3 is 15.2 Å². The minimum atomic E-state index is -1.31. The van der Waals surface area contributed by atoms with Crippen molar-refractivity contribution in [2.45, 2.75) is 18.4 Å². The molecule has 0 aliphatic rings. The number of non-ortho nitro benzene ring substituents is 1. The van der Waals surface area contributed by atoms with Crippen LogP contribution in [0, 0.1) is 10.1 Å². The Morgan fingerprint density at radius 2 is 1.56 bits per heavy atom. The third kappa shape index (κ3) is 5.28. The minimum absolute atomic E-state index is 0.178. The van der Waals surface area contributed by atoms with E-state index in [4.69, 9.17) is 4.74 Å². The van der Waals surface area contributed by atoms with Crippen LogP contribution in [0.15, 0.2) is 78.9 Å². The number of aliphatic carboxylic acids is 1. The van der Waals surface area contributed by atoms with Crippen LogP contribution in [0.1, 0.15) is 22.6 Å². The van der Waals surface area contributed by atoms with Gasteiger partial charge in [-0.15, -0.1) is 0 Å². The van der Waals surface area contributed by atoms with E-state index in [1.165, 1.54) is 25.3 Å². The predicted molar refractivity (Wildman–Crippen MR) is 118 cm³/mol. The molecule has 0 aromatic heterocycles. The van der Waals surface area contributed by atoms with Crippen LogP contribution in [-0.2, 0) is 16.0 Å². The van der Waals surface area contributed by atoms with Crippen molar-refractivity contribution in [3.63, 3.8) is 0 Å². The number of carboxylic acids is 1. The number of nitrogens with zero attached hydrogens (tertiary/aromatic N) is 1. The third-order valence-corrected chi connectivity index (χ3v) is 5.04. The number of amides is 1. The van der Waals surface area contributed by atoms with Crippen LogP contribution in [-0.4, -0.2) is 35.1 Å². The van der Waals surface area contributed by atoms with E-state index < -0.39 is 28.8 Å². The molecule has 0 fully saturated rings. The Labute approximate surface area is 184 Å². The first-order valence-corrected chi connectivity index (χ1v) is 9.85. The summed E-state index contributed by atoms with van der Waals surface area (Å²) in [6.45, 7) is 0. The van der Waals surface area contributed by atoms with Crippen LogP contribution in [0.5, 0.6) is 5.75 Å². The van der Waals surface area contributed by atoms with Gasteiger partial charge in [0.2, 0.25) is 5.91 Å². The van der Waals surface area contributed by atoms with Crippen molar-refractivity contribution in [3.05, 3.63) is 106 Å². The summed E-state index contributed by atoms with van der Waals surface area (Å²) in [5, 5.41) is 23.5. The zero-order valence-corrected chi connectivity index (χ0v) is 17.3. The lowest BCUT2D eigenvalue weighted by Gasteiger charge is -2.22. The molecule has 3 aromatic carbocycles. The fourth-order valence-corrected chi connectivity index (χ4v) is 3.50. The Morgan fingerprint density at radius 3 is 2.03 bits per heavy atom. The topological polar surface area (TPSA) is 119 Å². The quantitative estimate of drug-likeness (QED) is 0.393. The van der Waals surface area contributed by atoms with Crippen molar-refractivity contribution in [1.29, 1.82) is 0 Å². The maximum atomic E-state index is 13.3. The Morgan fingerprint density at radius 1 is 1.00 bits per heavy atom. The van der Waals surface area contributed by atoms with Gasteiger partial charge in [-0.1, -0.05) is 60.7 Å². The van der Waals surface area contributed by atoms with Crippen molar-refractivity contribution in [2.75, 3.05) is 7.11 Å². The second-order valence-electron chi connectivity index (χ2n) is 7.11. The molecule has 3 rings (SSSR count). The molecule has 2 N–H and O–H groups in total. The lowest BCUT2D eigenvalue weighted by Crippen LogP contribution is -2.44. The minimum Gasteiger partial charge on any atom is -0.496 e. The Bertz CT molecular complexity index is 1060. The predicted octanol–water partition coefficient (Wildman–Crippen LogP) is 3.55. The van der Waals surface area contributed by atoms with Crippen LogP contribution in [0.25, 0.3) is 0 Å². The highest BCUT2D eigenvalue weighted by atomic mass is 16.6. The van der Waals surface area contributed by atoms with Gasteiger partial charge in [-0.3, -0.25) is 14.9 Å². The largest absolute Gasteiger partial charge is 0.496 e. The summed E-state index contributed by atoms with van der Waals surface area (Å²) in [4.78, 5) is 35.8. The zero-order valence-electron chi connectivity index (χ0n) is 17.3. The first-order valence-electron chi connectivity index (χ1n) is 9.85. The maximum absolute atomic E-state index is 13.3. The van der Waals surface area contributed by atoms with Crippen LogP contribution in [0.2, 0.25) is 0 Å². The molecule has 0 unspecified atom stereocenters. The molecule has 164 valence electrons.